The summed E-state index contributed by atoms with van der Waals surface area (Å²) in [6.45, 7) is 4.00. The van der Waals surface area contributed by atoms with Crippen molar-refractivity contribution >= 4 is 32.6 Å². The van der Waals surface area contributed by atoms with E-state index in [-0.39, 0.29) is 5.91 Å². The van der Waals surface area contributed by atoms with Crippen molar-refractivity contribution in [2.75, 3.05) is 12.4 Å². The Morgan fingerprint density at radius 1 is 1.21 bits per heavy atom. The lowest BCUT2D eigenvalue weighted by molar-refractivity contribution is 0.102. The van der Waals surface area contributed by atoms with Crippen LogP contribution in [-0.4, -0.2) is 18.0 Å². The van der Waals surface area contributed by atoms with Gasteiger partial charge in [0.15, 0.2) is 5.13 Å². The standard InChI is InChI=1S/C16H11N3O2S.C2H6/c1-21-12-3-2-4-13-14(12)18-16(22-13)19-15(20)11-7-5-10(9-17)6-8-11;1-2/h2-8H,1H3,(H,18,19,20);1-2H3. The third-order valence-corrected chi connectivity index (χ3v) is 4.03. The largest absolute Gasteiger partial charge is 0.494 e. The molecule has 0 saturated heterocycles. The minimum atomic E-state index is -0.262. The molecular weight excluding hydrogens is 322 g/mol. The first-order valence-corrected chi connectivity index (χ1v) is 8.28. The molecule has 0 fully saturated rings. The van der Waals surface area contributed by atoms with E-state index in [1.807, 2.05) is 38.1 Å². The van der Waals surface area contributed by atoms with Crippen molar-refractivity contribution < 1.29 is 9.53 Å². The molecule has 0 aliphatic carbocycles. The second-order valence-electron chi connectivity index (χ2n) is 4.47. The number of anilines is 1. The van der Waals surface area contributed by atoms with Gasteiger partial charge in [0, 0.05) is 5.56 Å². The van der Waals surface area contributed by atoms with Crippen molar-refractivity contribution in [2.24, 2.45) is 0 Å². The van der Waals surface area contributed by atoms with Crippen molar-refractivity contribution in [1.82, 2.24) is 4.98 Å². The van der Waals surface area contributed by atoms with Crippen molar-refractivity contribution in [1.29, 1.82) is 5.26 Å². The summed E-state index contributed by atoms with van der Waals surface area (Å²) in [4.78, 5) is 16.6. The van der Waals surface area contributed by atoms with Crippen LogP contribution in [0.5, 0.6) is 5.75 Å². The maximum atomic E-state index is 12.2. The smallest absolute Gasteiger partial charge is 0.257 e. The van der Waals surface area contributed by atoms with E-state index in [9.17, 15) is 4.79 Å². The Bertz CT molecular complexity index is 879. The summed E-state index contributed by atoms with van der Waals surface area (Å²) in [5, 5.41) is 12.0. The molecule has 3 rings (SSSR count). The second-order valence-corrected chi connectivity index (χ2v) is 5.50. The monoisotopic (exact) mass is 339 g/mol. The molecular formula is C18H17N3O2S. The number of ether oxygens (including phenoxy) is 1. The zero-order valence-corrected chi connectivity index (χ0v) is 14.5. The minimum absolute atomic E-state index is 0.262. The van der Waals surface area contributed by atoms with Gasteiger partial charge in [-0.05, 0) is 36.4 Å². The number of hydrogen-bond donors (Lipinski definition) is 1. The van der Waals surface area contributed by atoms with Gasteiger partial charge in [0.25, 0.3) is 5.91 Å². The molecule has 2 aromatic carbocycles. The Morgan fingerprint density at radius 2 is 1.92 bits per heavy atom. The number of nitrogens with one attached hydrogen (secondary N) is 1. The number of thiazole rings is 1. The third kappa shape index (κ3) is 3.70. The summed E-state index contributed by atoms with van der Waals surface area (Å²) in [7, 11) is 1.59. The van der Waals surface area contributed by atoms with E-state index in [1.165, 1.54) is 11.3 Å². The summed E-state index contributed by atoms with van der Waals surface area (Å²) < 4.78 is 6.20. The maximum Gasteiger partial charge on any atom is 0.257 e. The molecule has 0 saturated carbocycles. The van der Waals surface area contributed by atoms with Crippen LogP contribution in [0.2, 0.25) is 0 Å². The Morgan fingerprint density at radius 3 is 2.54 bits per heavy atom. The van der Waals surface area contributed by atoms with Crippen LogP contribution in [0.15, 0.2) is 42.5 Å². The fraction of sp³-hybridized carbons (Fsp3) is 0.167. The summed E-state index contributed by atoms with van der Waals surface area (Å²) in [5.74, 6) is 0.412. The van der Waals surface area contributed by atoms with E-state index < -0.39 is 0 Å². The quantitative estimate of drug-likeness (QED) is 0.764. The Labute approximate surface area is 144 Å². The number of aromatic nitrogens is 1. The number of methoxy groups -OCH3 is 1. The number of hydrogen-bond acceptors (Lipinski definition) is 5. The predicted molar refractivity (Wildman–Crippen MR) is 96.6 cm³/mol. The van der Waals surface area contributed by atoms with Crippen LogP contribution in [0, 0.1) is 11.3 Å². The summed E-state index contributed by atoms with van der Waals surface area (Å²) in [5.41, 5.74) is 1.72. The van der Waals surface area contributed by atoms with E-state index in [2.05, 4.69) is 10.3 Å². The van der Waals surface area contributed by atoms with E-state index in [0.29, 0.717) is 22.0 Å². The topological polar surface area (TPSA) is 75.0 Å². The van der Waals surface area contributed by atoms with Crippen LogP contribution in [0.1, 0.15) is 29.8 Å². The summed E-state index contributed by atoms with van der Waals surface area (Å²) in [6.07, 6.45) is 0. The van der Waals surface area contributed by atoms with Crippen molar-refractivity contribution in [3.8, 4) is 11.8 Å². The highest BCUT2D eigenvalue weighted by Gasteiger charge is 2.12. The van der Waals surface area contributed by atoms with E-state index in [4.69, 9.17) is 10.00 Å². The maximum absolute atomic E-state index is 12.2. The number of benzene rings is 2. The number of nitrogens with zero attached hydrogens (tertiary/aromatic N) is 2. The van der Waals surface area contributed by atoms with Gasteiger partial charge in [-0.25, -0.2) is 4.98 Å². The van der Waals surface area contributed by atoms with Crippen molar-refractivity contribution in [3.63, 3.8) is 0 Å². The van der Waals surface area contributed by atoms with Crippen molar-refractivity contribution in [3.05, 3.63) is 53.6 Å². The van der Waals surface area contributed by atoms with Crippen LogP contribution in [0.4, 0.5) is 5.13 Å². The molecule has 5 nitrogen and oxygen atoms in total. The van der Waals surface area contributed by atoms with Gasteiger partial charge in [0.1, 0.15) is 11.3 Å². The molecule has 0 bridgehead atoms. The van der Waals surface area contributed by atoms with Gasteiger partial charge < -0.3 is 4.74 Å². The summed E-state index contributed by atoms with van der Waals surface area (Å²) in [6, 6.07) is 14.1. The van der Waals surface area contributed by atoms with Gasteiger partial charge in [-0.2, -0.15) is 5.26 Å². The van der Waals surface area contributed by atoms with Gasteiger partial charge >= 0.3 is 0 Å². The average molecular weight is 339 g/mol. The fourth-order valence-corrected chi connectivity index (χ4v) is 2.89. The molecule has 0 atom stereocenters. The van der Waals surface area contributed by atoms with Gasteiger partial charge in [0.05, 0.1) is 23.4 Å². The van der Waals surface area contributed by atoms with Gasteiger partial charge in [-0.3, -0.25) is 10.1 Å². The minimum Gasteiger partial charge on any atom is -0.494 e. The van der Waals surface area contributed by atoms with Gasteiger partial charge in [-0.1, -0.05) is 31.3 Å². The fourth-order valence-electron chi connectivity index (χ4n) is 2.01. The molecule has 24 heavy (non-hydrogen) atoms. The highest BCUT2D eigenvalue weighted by Crippen LogP contribution is 2.32. The third-order valence-electron chi connectivity index (χ3n) is 3.10. The Balaban J connectivity index is 0.00000100. The van der Waals surface area contributed by atoms with Gasteiger partial charge in [0.2, 0.25) is 0 Å². The van der Waals surface area contributed by atoms with Crippen LogP contribution < -0.4 is 10.1 Å². The molecule has 0 aliphatic heterocycles. The van der Waals surface area contributed by atoms with Crippen LogP contribution >= 0.6 is 11.3 Å². The highest BCUT2D eigenvalue weighted by atomic mass is 32.1. The number of nitriles is 1. The zero-order chi connectivity index (χ0) is 17.5. The highest BCUT2D eigenvalue weighted by molar-refractivity contribution is 7.22. The first-order chi connectivity index (χ1) is 11.7. The molecule has 1 amide bonds. The predicted octanol–water partition coefficient (Wildman–Crippen LogP) is 4.46. The SMILES string of the molecule is CC.COc1cccc2sc(NC(=O)c3ccc(C#N)cc3)nc12. The first-order valence-electron chi connectivity index (χ1n) is 7.46. The Hall–Kier alpha value is -2.91. The number of rotatable bonds is 3. The first kappa shape index (κ1) is 17.4. The molecule has 3 aromatic rings. The summed E-state index contributed by atoms with van der Waals surface area (Å²) >= 11 is 1.38. The van der Waals surface area contributed by atoms with E-state index in [0.717, 1.165) is 10.2 Å². The molecule has 0 radical (unpaired) electrons. The molecule has 1 aromatic heterocycles. The van der Waals surface area contributed by atoms with Crippen LogP contribution in [0.3, 0.4) is 0 Å². The molecule has 0 aliphatic rings. The van der Waals surface area contributed by atoms with E-state index in [1.54, 1.807) is 31.4 Å². The molecule has 0 unspecified atom stereocenters. The molecule has 6 heteroatoms. The average Bonchev–Trinajstić information content (AvgIpc) is 3.05. The normalized spacial score (nSPS) is 9.58. The number of carbonyl (C=O) groups excluding carboxylic acids is 1. The van der Waals surface area contributed by atoms with E-state index >= 15 is 0 Å². The lowest BCUT2D eigenvalue weighted by Gasteiger charge is -2.01. The zero-order valence-electron chi connectivity index (χ0n) is 13.7. The van der Waals surface area contributed by atoms with Crippen molar-refractivity contribution in [2.45, 2.75) is 13.8 Å². The lowest BCUT2D eigenvalue weighted by Crippen LogP contribution is -2.11. The van der Waals surface area contributed by atoms with Crippen LogP contribution in [-0.2, 0) is 0 Å². The second kappa shape index (κ2) is 8.09. The molecule has 122 valence electrons. The molecule has 0 spiro atoms. The molecule has 1 heterocycles. The number of fused-ring (bicyclic) bond motifs is 1. The lowest BCUT2D eigenvalue weighted by atomic mass is 10.1. The number of para-hydroxylation sites is 1. The van der Waals surface area contributed by atoms with Crippen LogP contribution in [0.25, 0.3) is 10.2 Å². The Kier molecular flexibility index (Phi) is 5.88. The number of carbonyl (C=O) groups is 1. The number of amides is 1. The molecule has 1 N–H and O–H groups in total. The van der Waals surface area contributed by atoms with Gasteiger partial charge in [-0.15, -0.1) is 0 Å².